The third kappa shape index (κ3) is 2.85. The summed E-state index contributed by atoms with van der Waals surface area (Å²) in [7, 11) is 0. The summed E-state index contributed by atoms with van der Waals surface area (Å²) in [6, 6.07) is 0. The van der Waals surface area contributed by atoms with Crippen molar-refractivity contribution in [3.8, 4) is 0 Å². The van der Waals surface area contributed by atoms with E-state index in [9.17, 15) is 4.79 Å². The van der Waals surface area contributed by atoms with E-state index in [2.05, 4.69) is 27.7 Å². The molecule has 1 atom stereocenters. The minimum atomic E-state index is -1.83. The van der Waals surface area contributed by atoms with Gasteiger partial charge in [-0.1, -0.05) is 0 Å². The quantitative estimate of drug-likeness (QED) is 0.656. The van der Waals surface area contributed by atoms with Crippen LogP contribution in [0.4, 0.5) is 0 Å². The zero-order valence-corrected chi connectivity index (χ0v) is 12.8. The third-order valence-corrected chi connectivity index (χ3v) is 17.3. The van der Waals surface area contributed by atoms with E-state index in [1.54, 1.807) is 0 Å². The predicted molar refractivity (Wildman–Crippen MR) is 66.5 cm³/mol. The van der Waals surface area contributed by atoms with Crippen LogP contribution in [0.2, 0.25) is 20.5 Å². The van der Waals surface area contributed by atoms with Gasteiger partial charge in [-0.3, -0.25) is 0 Å². The number of Topliss-reactive ketones (excluding diaryl/α,β-unsaturated/α-hetero) is 1. The molecule has 14 heavy (non-hydrogen) atoms. The topological polar surface area (TPSA) is 17.1 Å². The molecule has 0 rings (SSSR count). The number of carbonyl (C=O) groups excluding carboxylic acids is 1. The Morgan fingerprint density at radius 3 is 1.57 bits per heavy atom. The molecular formula is C12H26GeO. The molecule has 0 N–H and O–H groups in total. The molecule has 0 aliphatic heterocycles. The Labute approximate surface area is 92.0 Å². The van der Waals surface area contributed by atoms with Gasteiger partial charge in [-0.15, -0.1) is 0 Å². The molecule has 84 valence electrons. The molecule has 0 heterocycles. The zero-order chi connectivity index (χ0) is 11.4. The van der Waals surface area contributed by atoms with Crippen LogP contribution < -0.4 is 0 Å². The molecule has 0 saturated heterocycles. The SMILES string of the molecule is C[CH2][Ge]([CH2]C)([CH2]C)[CH](C)C(=O)C(C)C. The number of hydrogen-bond donors (Lipinski definition) is 0. The van der Waals surface area contributed by atoms with E-state index >= 15 is 0 Å². The molecule has 0 aromatic heterocycles. The van der Waals surface area contributed by atoms with Gasteiger partial charge in [0.2, 0.25) is 0 Å². The first-order valence-corrected chi connectivity index (χ1v) is 11.6. The van der Waals surface area contributed by atoms with Crippen molar-refractivity contribution in [3.05, 3.63) is 0 Å². The first kappa shape index (κ1) is 14.2. The maximum atomic E-state index is 12.0. The molecule has 0 saturated carbocycles. The Hall–Kier alpha value is 0.213. The van der Waals surface area contributed by atoms with Gasteiger partial charge in [-0.05, 0) is 0 Å². The monoisotopic (exact) mass is 260 g/mol. The Balaban J connectivity index is 4.75. The van der Waals surface area contributed by atoms with E-state index in [1.165, 1.54) is 15.8 Å². The Morgan fingerprint density at radius 2 is 1.36 bits per heavy atom. The fraction of sp³-hybridized carbons (Fsp3) is 0.917. The number of ketones is 1. The molecule has 0 fully saturated rings. The van der Waals surface area contributed by atoms with Crippen molar-refractivity contribution >= 4 is 19.0 Å². The van der Waals surface area contributed by atoms with Crippen LogP contribution in [0.15, 0.2) is 0 Å². The fourth-order valence-corrected chi connectivity index (χ4v) is 11.4. The van der Waals surface area contributed by atoms with Gasteiger partial charge in [-0.2, -0.15) is 0 Å². The molecule has 0 aromatic rings. The molecule has 0 bridgehead atoms. The molecule has 0 amide bonds. The number of hydrogen-bond acceptors (Lipinski definition) is 1. The van der Waals surface area contributed by atoms with E-state index in [1.807, 2.05) is 13.8 Å². The zero-order valence-electron chi connectivity index (χ0n) is 10.7. The number of rotatable bonds is 6. The van der Waals surface area contributed by atoms with Gasteiger partial charge in [0.05, 0.1) is 0 Å². The Morgan fingerprint density at radius 1 is 1.00 bits per heavy atom. The van der Waals surface area contributed by atoms with Crippen LogP contribution in [0.25, 0.3) is 0 Å². The van der Waals surface area contributed by atoms with E-state index in [0.29, 0.717) is 10.5 Å². The van der Waals surface area contributed by atoms with Crippen molar-refractivity contribution in [2.45, 2.75) is 62.1 Å². The molecule has 2 heteroatoms. The summed E-state index contributed by atoms with van der Waals surface area (Å²) >= 11 is -1.83. The van der Waals surface area contributed by atoms with Crippen molar-refractivity contribution in [3.63, 3.8) is 0 Å². The first-order chi connectivity index (χ1) is 6.45. The Kier molecular flexibility index (Phi) is 6.03. The minimum absolute atomic E-state index is 0.222. The van der Waals surface area contributed by atoms with Gasteiger partial charge in [0.1, 0.15) is 0 Å². The van der Waals surface area contributed by atoms with Crippen LogP contribution in [-0.4, -0.2) is 19.0 Å². The summed E-state index contributed by atoms with van der Waals surface area (Å²) < 4.78 is 0.398. The van der Waals surface area contributed by atoms with Crippen molar-refractivity contribution in [1.29, 1.82) is 0 Å². The second-order valence-corrected chi connectivity index (χ2v) is 16.7. The number of carbonyl (C=O) groups is 1. The van der Waals surface area contributed by atoms with Gasteiger partial charge in [0, 0.05) is 0 Å². The third-order valence-electron chi connectivity index (χ3n) is 4.03. The van der Waals surface area contributed by atoms with E-state index in [4.69, 9.17) is 0 Å². The first-order valence-electron chi connectivity index (χ1n) is 5.98. The van der Waals surface area contributed by atoms with Gasteiger partial charge < -0.3 is 0 Å². The van der Waals surface area contributed by atoms with Crippen molar-refractivity contribution in [1.82, 2.24) is 0 Å². The van der Waals surface area contributed by atoms with Crippen molar-refractivity contribution in [2.75, 3.05) is 0 Å². The van der Waals surface area contributed by atoms with Gasteiger partial charge >= 0.3 is 91.8 Å². The maximum absolute atomic E-state index is 12.0. The molecule has 0 aliphatic carbocycles. The molecule has 0 aromatic carbocycles. The molecule has 1 unspecified atom stereocenters. The van der Waals surface area contributed by atoms with Crippen LogP contribution in [-0.2, 0) is 4.79 Å². The summed E-state index contributed by atoms with van der Waals surface area (Å²) in [4.78, 5) is 12.0. The normalized spacial score (nSPS) is 14.5. The summed E-state index contributed by atoms with van der Waals surface area (Å²) in [6.45, 7) is 13.1. The fourth-order valence-electron chi connectivity index (χ4n) is 2.47. The molecular weight excluding hydrogens is 233 g/mol. The van der Waals surface area contributed by atoms with Crippen LogP contribution in [0, 0.1) is 5.92 Å². The molecule has 1 nitrogen and oxygen atoms in total. The predicted octanol–water partition coefficient (Wildman–Crippen LogP) is 4.11. The van der Waals surface area contributed by atoms with Crippen LogP contribution >= 0.6 is 0 Å². The summed E-state index contributed by atoms with van der Waals surface area (Å²) in [5.74, 6) is 0.732. The van der Waals surface area contributed by atoms with Crippen molar-refractivity contribution in [2.24, 2.45) is 5.92 Å². The van der Waals surface area contributed by atoms with Crippen molar-refractivity contribution < 1.29 is 4.79 Å². The standard InChI is InChI=1S/C12H26GeO/c1-7-13(8-2,9-3)11(6)12(14)10(4)5/h10-11H,7-9H2,1-6H3. The van der Waals surface area contributed by atoms with Gasteiger partial charge in [-0.25, -0.2) is 0 Å². The van der Waals surface area contributed by atoms with Crippen LogP contribution in [0.5, 0.6) is 0 Å². The summed E-state index contributed by atoms with van der Waals surface area (Å²) in [6.07, 6.45) is 0. The second-order valence-electron chi connectivity index (χ2n) is 4.70. The average molecular weight is 259 g/mol. The second kappa shape index (κ2) is 5.94. The molecule has 0 radical (unpaired) electrons. The van der Waals surface area contributed by atoms with Crippen LogP contribution in [0.3, 0.4) is 0 Å². The summed E-state index contributed by atoms with van der Waals surface area (Å²) in [5.41, 5.74) is 0. The Bertz CT molecular complexity index is 174. The van der Waals surface area contributed by atoms with E-state index < -0.39 is 13.3 Å². The van der Waals surface area contributed by atoms with Gasteiger partial charge in [0.25, 0.3) is 0 Å². The average Bonchev–Trinajstić information content (AvgIpc) is 2.19. The molecule has 0 aliphatic rings. The van der Waals surface area contributed by atoms with Gasteiger partial charge in [0.15, 0.2) is 0 Å². The summed E-state index contributed by atoms with van der Waals surface area (Å²) in [5, 5.41) is 3.89. The van der Waals surface area contributed by atoms with Crippen LogP contribution in [0.1, 0.15) is 41.5 Å². The van der Waals surface area contributed by atoms with E-state index in [0.717, 1.165) is 0 Å². The molecule has 0 spiro atoms. The van der Waals surface area contributed by atoms with E-state index in [-0.39, 0.29) is 5.92 Å².